The van der Waals surface area contributed by atoms with Gasteiger partial charge in [-0.1, -0.05) is 20.3 Å². The lowest BCUT2D eigenvalue weighted by Gasteiger charge is -2.32. The highest BCUT2D eigenvalue weighted by molar-refractivity contribution is 7.10. The molecule has 1 atom stereocenters. The normalized spacial score (nSPS) is 19.3. The van der Waals surface area contributed by atoms with E-state index in [1.807, 2.05) is 10.3 Å². The highest BCUT2D eigenvalue weighted by Gasteiger charge is 2.25. The van der Waals surface area contributed by atoms with Crippen LogP contribution < -0.4 is 0 Å². The molecule has 0 radical (unpaired) electrons. The van der Waals surface area contributed by atoms with Gasteiger partial charge in [-0.05, 0) is 31.7 Å². The van der Waals surface area contributed by atoms with Crippen molar-refractivity contribution in [2.45, 2.75) is 52.1 Å². The third-order valence-electron chi connectivity index (χ3n) is 3.62. The molecule has 2 heterocycles. The predicted octanol–water partition coefficient (Wildman–Crippen LogP) is 3.73. The van der Waals surface area contributed by atoms with Gasteiger partial charge in [0.15, 0.2) is 0 Å². The van der Waals surface area contributed by atoms with Crippen LogP contribution in [-0.2, 0) is 11.2 Å². The molecule has 0 aromatic carbocycles. The monoisotopic (exact) mass is 295 g/mol. The molecule has 1 aliphatic heterocycles. The Labute approximate surface area is 125 Å². The van der Waals surface area contributed by atoms with Gasteiger partial charge in [-0.25, -0.2) is 0 Å². The SMILES string of the molecule is CCCO[C@@H]1CCCN(C(=O)c2csc(CCC)c2)C1. The maximum absolute atomic E-state index is 12.5. The van der Waals surface area contributed by atoms with Gasteiger partial charge in [0.2, 0.25) is 0 Å². The van der Waals surface area contributed by atoms with Crippen molar-refractivity contribution in [3.63, 3.8) is 0 Å². The molecular formula is C16H25NO2S. The van der Waals surface area contributed by atoms with Gasteiger partial charge in [0, 0.05) is 30.0 Å². The van der Waals surface area contributed by atoms with E-state index >= 15 is 0 Å². The number of ether oxygens (including phenoxy) is 1. The zero-order valence-electron chi connectivity index (χ0n) is 12.6. The average molecular weight is 295 g/mol. The summed E-state index contributed by atoms with van der Waals surface area (Å²) in [5, 5.41) is 2.00. The van der Waals surface area contributed by atoms with Crippen molar-refractivity contribution in [1.29, 1.82) is 0 Å². The van der Waals surface area contributed by atoms with Gasteiger partial charge in [0.25, 0.3) is 5.91 Å². The van der Waals surface area contributed by atoms with E-state index in [2.05, 4.69) is 19.9 Å². The first-order valence-electron chi connectivity index (χ1n) is 7.72. The largest absolute Gasteiger partial charge is 0.376 e. The molecule has 1 amide bonds. The molecular weight excluding hydrogens is 270 g/mol. The van der Waals surface area contributed by atoms with E-state index in [1.165, 1.54) is 4.88 Å². The smallest absolute Gasteiger partial charge is 0.254 e. The van der Waals surface area contributed by atoms with E-state index in [0.29, 0.717) is 0 Å². The van der Waals surface area contributed by atoms with Crippen LogP contribution in [0.3, 0.4) is 0 Å². The van der Waals surface area contributed by atoms with E-state index in [9.17, 15) is 4.79 Å². The summed E-state index contributed by atoms with van der Waals surface area (Å²) in [6.45, 7) is 6.70. The van der Waals surface area contributed by atoms with Crippen molar-refractivity contribution < 1.29 is 9.53 Å². The molecule has 4 heteroatoms. The van der Waals surface area contributed by atoms with Gasteiger partial charge in [0.05, 0.1) is 11.7 Å². The molecule has 1 aromatic heterocycles. The number of hydrogen-bond donors (Lipinski definition) is 0. The molecule has 3 nitrogen and oxygen atoms in total. The molecule has 1 aliphatic rings. The molecule has 0 bridgehead atoms. The number of likely N-dealkylation sites (tertiary alicyclic amines) is 1. The fraction of sp³-hybridized carbons (Fsp3) is 0.688. The fourth-order valence-electron chi connectivity index (χ4n) is 2.60. The van der Waals surface area contributed by atoms with Crippen molar-refractivity contribution in [2.24, 2.45) is 0 Å². The zero-order valence-corrected chi connectivity index (χ0v) is 13.4. The van der Waals surface area contributed by atoms with Gasteiger partial charge < -0.3 is 9.64 Å². The first-order chi connectivity index (χ1) is 9.74. The highest BCUT2D eigenvalue weighted by Crippen LogP contribution is 2.21. The van der Waals surface area contributed by atoms with Crippen LogP contribution in [0.2, 0.25) is 0 Å². The Balaban J connectivity index is 1.93. The number of aryl methyl sites for hydroxylation is 1. The van der Waals surface area contributed by atoms with Crippen molar-refractivity contribution in [2.75, 3.05) is 19.7 Å². The molecule has 0 N–H and O–H groups in total. The summed E-state index contributed by atoms with van der Waals surface area (Å²) in [4.78, 5) is 15.8. The van der Waals surface area contributed by atoms with Gasteiger partial charge >= 0.3 is 0 Å². The fourth-order valence-corrected chi connectivity index (χ4v) is 3.56. The Hall–Kier alpha value is -0.870. The van der Waals surface area contributed by atoms with Crippen LogP contribution >= 0.6 is 11.3 Å². The standard InChI is InChI=1S/C16H25NO2S/c1-3-6-15-10-13(12-20-15)16(18)17-8-5-7-14(11-17)19-9-4-2/h10,12,14H,3-9,11H2,1-2H3/t14-/m1/s1. The van der Waals surface area contributed by atoms with E-state index in [1.54, 1.807) is 11.3 Å². The zero-order chi connectivity index (χ0) is 14.4. The third kappa shape index (κ3) is 4.06. The van der Waals surface area contributed by atoms with E-state index < -0.39 is 0 Å². The molecule has 20 heavy (non-hydrogen) atoms. The third-order valence-corrected chi connectivity index (χ3v) is 4.62. The molecule has 2 rings (SSSR count). The Morgan fingerprint density at radius 2 is 2.30 bits per heavy atom. The second-order valence-electron chi connectivity index (χ2n) is 5.44. The Morgan fingerprint density at radius 3 is 3.05 bits per heavy atom. The van der Waals surface area contributed by atoms with Gasteiger partial charge in [-0.3, -0.25) is 4.79 Å². The van der Waals surface area contributed by atoms with Crippen LogP contribution in [0, 0.1) is 0 Å². The minimum Gasteiger partial charge on any atom is -0.376 e. The molecule has 0 aliphatic carbocycles. The molecule has 0 spiro atoms. The van der Waals surface area contributed by atoms with Gasteiger partial charge in [-0.15, -0.1) is 11.3 Å². The van der Waals surface area contributed by atoms with Gasteiger partial charge in [-0.2, -0.15) is 0 Å². The molecule has 1 saturated heterocycles. The van der Waals surface area contributed by atoms with Crippen LogP contribution in [0.4, 0.5) is 0 Å². The van der Waals surface area contributed by atoms with Crippen molar-refractivity contribution >= 4 is 17.2 Å². The van der Waals surface area contributed by atoms with Gasteiger partial charge in [0.1, 0.15) is 0 Å². The van der Waals surface area contributed by atoms with E-state index in [4.69, 9.17) is 4.74 Å². The van der Waals surface area contributed by atoms with Crippen LogP contribution in [-0.4, -0.2) is 36.6 Å². The number of rotatable bonds is 6. The average Bonchev–Trinajstić information content (AvgIpc) is 2.93. The Kier molecular flexibility index (Phi) is 6.05. The molecule has 112 valence electrons. The maximum Gasteiger partial charge on any atom is 0.254 e. The summed E-state index contributed by atoms with van der Waals surface area (Å²) in [7, 11) is 0. The summed E-state index contributed by atoms with van der Waals surface area (Å²) in [5.41, 5.74) is 0.856. The minimum absolute atomic E-state index is 0.174. The molecule has 0 unspecified atom stereocenters. The lowest BCUT2D eigenvalue weighted by atomic mass is 10.1. The van der Waals surface area contributed by atoms with Crippen molar-refractivity contribution in [3.05, 3.63) is 21.9 Å². The quantitative estimate of drug-likeness (QED) is 0.800. The number of nitrogens with zero attached hydrogens (tertiary/aromatic N) is 1. The molecule has 0 saturated carbocycles. The predicted molar refractivity (Wildman–Crippen MR) is 83.5 cm³/mol. The minimum atomic E-state index is 0.174. The highest BCUT2D eigenvalue weighted by atomic mass is 32.1. The Bertz CT molecular complexity index is 430. The number of carbonyl (C=O) groups excluding carboxylic acids is 1. The van der Waals surface area contributed by atoms with E-state index in [-0.39, 0.29) is 12.0 Å². The van der Waals surface area contributed by atoms with Crippen LogP contribution in [0.15, 0.2) is 11.4 Å². The summed E-state index contributed by atoms with van der Waals surface area (Å²) in [6, 6.07) is 2.06. The number of carbonyl (C=O) groups is 1. The molecule has 1 fully saturated rings. The van der Waals surface area contributed by atoms with Crippen LogP contribution in [0.5, 0.6) is 0 Å². The number of piperidine rings is 1. The number of amides is 1. The first-order valence-corrected chi connectivity index (χ1v) is 8.60. The second kappa shape index (κ2) is 7.79. The lowest BCUT2D eigenvalue weighted by molar-refractivity contribution is 0.00213. The molecule has 1 aromatic rings. The van der Waals surface area contributed by atoms with Crippen LogP contribution in [0.25, 0.3) is 0 Å². The summed E-state index contributed by atoms with van der Waals surface area (Å²) in [5.74, 6) is 0.174. The summed E-state index contributed by atoms with van der Waals surface area (Å²) in [6.07, 6.45) is 5.59. The first kappa shape index (κ1) is 15.5. The number of thiophene rings is 1. The second-order valence-corrected chi connectivity index (χ2v) is 6.43. The lowest BCUT2D eigenvalue weighted by Crippen LogP contribution is -2.43. The summed E-state index contributed by atoms with van der Waals surface area (Å²) >= 11 is 1.70. The van der Waals surface area contributed by atoms with Crippen molar-refractivity contribution in [3.8, 4) is 0 Å². The van der Waals surface area contributed by atoms with Crippen molar-refractivity contribution in [1.82, 2.24) is 4.90 Å². The van der Waals surface area contributed by atoms with Crippen LogP contribution in [0.1, 0.15) is 54.8 Å². The maximum atomic E-state index is 12.5. The summed E-state index contributed by atoms with van der Waals surface area (Å²) < 4.78 is 5.80. The number of hydrogen-bond acceptors (Lipinski definition) is 3. The topological polar surface area (TPSA) is 29.5 Å². The van der Waals surface area contributed by atoms with E-state index in [0.717, 1.165) is 57.4 Å². The Morgan fingerprint density at radius 1 is 1.45 bits per heavy atom.